The van der Waals surface area contributed by atoms with Crippen LogP contribution in [0.1, 0.15) is 20.8 Å². The highest BCUT2D eigenvalue weighted by atomic mass is 35.5. The number of nitrogens with one attached hydrogen (secondary N) is 2. The molecular weight excluding hydrogens is 290 g/mol. The molecule has 1 heterocycles. The third-order valence-corrected chi connectivity index (χ3v) is 3.80. The molecule has 0 saturated carbocycles. The number of aromatic nitrogens is 1. The fourth-order valence-electron chi connectivity index (χ4n) is 1.27. The highest BCUT2D eigenvalue weighted by molar-refractivity contribution is 7.89. The Kier molecular flexibility index (Phi) is 4.89. The summed E-state index contributed by atoms with van der Waals surface area (Å²) in [7, 11) is -3.85. The Labute approximate surface area is 117 Å². The van der Waals surface area contributed by atoms with Crippen LogP contribution in [0, 0.1) is 0 Å². The average Bonchev–Trinajstić information content (AvgIpc) is 2.24. The summed E-state index contributed by atoms with van der Waals surface area (Å²) in [4.78, 5) is 15.1. The Morgan fingerprint density at radius 3 is 2.58 bits per heavy atom. The Morgan fingerprint density at radius 2 is 2.05 bits per heavy atom. The van der Waals surface area contributed by atoms with Gasteiger partial charge in [0, 0.05) is 11.7 Å². The molecule has 1 aromatic rings. The van der Waals surface area contributed by atoms with Crippen molar-refractivity contribution in [3.8, 4) is 0 Å². The van der Waals surface area contributed by atoms with E-state index in [0.29, 0.717) is 0 Å². The molecule has 106 valence electrons. The predicted molar refractivity (Wildman–Crippen MR) is 72.3 cm³/mol. The SMILES string of the molecule is CC(C)(C)NC(=O)CNS(=O)(=O)c1cccnc1Cl. The molecule has 0 spiro atoms. The minimum atomic E-state index is -3.85. The van der Waals surface area contributed by atoms with Crippen LogP contribution in [0.2, 0.25) is 5.15 Å². The van der Waals surface area contributed by atoms with E-state index in [-0.39, 0.29) is 16.6 Å². The lowest BCUT2D eigenvalue weighted by Gasteiger charge is -2.20. The Balaban J connectivity index is 2.72. The lowest BCUT2D eigenvalue weighted by molar-refractivity contribution is -0.121. The first kappa shape index (κ1) is 15.9. The van der Waals surface area contributed by atoms with Gasteiger partial charge < -0.3 is 5.32 Å². The monoisotopic (exact) mass is 305 g/mol. The number of carbonyl (C=O) groups excluding carboxylic acids is 1. The highest BCUT2D eigenvalue weighted by Crippen LogP contribution is 2.17. The fourth-order valence-corrected chi connectivity index (χ4v) is 2.71. The standard InChI is InChI=1S/C11H16ClN3O3S/c1-11(2,3)15-9(16)7-14-19(17,18)8-5-4-6-13-10(8)12/h4-6,14H,7H2,1-3H3,(H,15,16). The van der Waals surface area contributed by atoms with E-state index in [1.807, 2.05) is 0 Å². The maximum absolute atomic E-state index is 11.9. The zero-order chi connectivity index (χ0) is 14.7. The lowest BCUT2D eigenvalue weighted by atomic mass is 10.1. The number of sulfonamides is 1. The van der Waals surface area contributed by atoms with Crippen LogP contribution in [-0.4, -0.2) is 31.4 Å². The quantitative estimate of drug-likeness (QED) is 0.810. The molecule has 6 nitrogen and oxygen atoms in total. The predicted octanol–water partition coefficient (Wildman–Crippen LogP) is 0.928. The van der Waals surface area contributed by atoms with E-state index < -0.39 is 21.5 Å². The van der Waals surface area contributed by atoms with Crippen molar-refractivity contribution in [2.24, 2.45) is 0 Å². The molecule has 19 heavy (non-hydrogen) atoms. The first-order chi connectivity index (χ1) is 8.62. The molecule has 0 radical (unpaired) electrons. The van der Waals surface area contributed by atoms with Gasteiger partial charge in [0.05, 0.1) is 6.54 Å². The molecule has 2 N–H and O–H groups in total. The maximum Gasteiger partial charge on any atom is 0.244 e. The molecule has 0 unspecified atom stereocenters. The summed E-state index contributed by atoms with van der Waals surface area (Å²) in [5, 5.41) is 2.51. The van der Waals surface area contributed by atoms with Crippen molar-refractivity contribution in [1.29, 1.82) is 0 Å². The van der Waals surface area contributed by atoms with Crippen LogP contribution in [0.3, 0.4) is 0 Å². The molecule has 0 atom stereocenters. The van der Waals surface area contributed by atoms with Crippen molar-refractivity contribution < 1.29 is 13.2 Å². The van der Waals surface area contributed by atoms with Crippen molar-refractivity contribution in [3.63, 3.8) is 0 Å². The van der Waals surface area contributed by atoms with Gasteiger partial charge in [-0.1, -0.05) is 11.6 Å². The molecule has 0 aliphatic carbocycles. The molecule has 8 heteroatoms. The van der Waals surface area contributed by atoms with Crippen LogP contribution in [0.25, 0.3) is 0 Å². The van der Waals surface area contributed by atoms with Gasteiger partial charge in [-0.25, -0.2) is 18.1 Å². The second-order valence-electron chi connectivity index (χ2n) is 4.92. The first-order valence-corrected chi connectivity index (χ1v) is 7.39. The van der Waals surface area contributed by atoms with Gasteiger partial charge in [0.15, 0.2) is 0 Å². The van der Waals surface area contributed by atoms with Crippen molar-refractivity contribution in [3.05, 3.63) is 23.5 Å². The minimum Gasteiger partial charge on any atom is -0.350 e. The van der Waals surface area contributed by atoms with Gasteiger partial charge in [0.2, 0.25) is 15.9 Å². The number of carbonyl (C=O) groups is 1. The summed E-state index contributed by atoms with van der Waals surface area (Å²) < 4.78 is 26.0. The lowest BCUT2D eigenvalue weighted by Crippen LogP contribution is -2.45. The normalized spacial score (nSPS) is 12.2. The topological polar surface area (TPSA) is 88.2 Å². The van der Waals surface area contributed by atoms with Crippen LogP contribution in [-0.2, 0) is 14.8 Å². The number of amides is 1. The van der Waals surface area contributed by atoms with Crippen LogP contribution in [0.5, 0.6) is 0 Å². The first-order valence-electron chi connectivity index (χ1n) is 5.53. The van der Waals surface area contributed by atoms with E-state index in [9.17, 15) is 13.2 Å². The highest BCUT2D eigenvalue weighted by Gasteiger charge is 2.20. The molecule has 0 saturated heterocycles. The van der Waals surface area contributed by atoms with Crippen molar-refractivity contribution in [1.82, 2.24) is 15.0 Å². The molecule has 1 aromatic heterocycles. The zero-order valence-corrected chi connectivity index (χ0v) is 12.5. The van der Waals surface area contributed by atoms with Crippen LogP contribution in [0.15, 0.2) is 23.2 Å². The molecule has 1 amide bonds. The zero-order valence-electron chi connectivity index (χ0n) is 10.9. The minimum absolute atomic E-state index is 0.133. The van der Waals surface area contributed by atoms with E-state index in [1.165, 1.54) is 18.3 Å². The average molecular weight is 306 g/mol. The maximum atomic E-state index is 11.9. The summed E-state index contributed by atoms with van der Waals surface area (Å²) in [5.41, 5.74) is -0.422. The summed E-state index contributed by atoms with van der Waals surface area (Å²) in [6.45, 7) is 5.05. The van der Waals surface area contributed by atoms with Gasteiger partial charge >= 0.3 is 0 Å². The van der Waals surface area contributed by atoms with E-state index in [1.54, 1.807) is 20.8 Å². The third-order valence-electron chi connectivity index (χ3n) is 1.95. The largest absolute Gasteiger partial charge is 0.350 e. The molecule has 0 fully saturated rings. The van der Waals surface area contributed by atoms with Gasteiger partial charge in [-0.3, -0.25) is 4.79 Å². The fraction of sp³-hybridized carbons (Fsp3) is 0.455. The molecule has 0 bridgehead atoms. The summed E-state index contributed by atoms with van der Waals surface area (Å²) in [5.74, 6) is -0.420. The van der Waals surface area contributed by atoms with Gasteiger partial charge in [-0.2, -0.15) is 0 Å². The Hall–Kier alpha value is -1.18. The Morgan fingerprint density at radius 1 is 1.42 bits per heavy atom. The van der Waals surface area contributed by atoms with Gasteiger partial charge in [0.25, 0.3) is 0 Å². The van der Waals surface area contributed by atoms with E-state index in [4.69, 9.17) is 11.6 Å². The van der Waals surface area contributed by atoms with Crippen molar-refractivity contribution in [2.75, 3.05) is 6.54 Å². The van der Waals surface area contributed by atoms with Gasteiger partial charge in [0.1, 0.15) is 10.0 Å². The number of hydrogen-bond donors (Lipinski definition) is 2. The van der Waals surface area contributed by atoms with Crippen LogP contribution in [0.4, 0.5) is 0 Å². The van der Waals surface area contributed by atoms with E-state index >= 15 is 0 Å². The number of rotatable bonds is 4. The van der Waals surface area contributed by atoms with Crippen molar-refractivity contribution in [2.45, 2.75) is 31.2 Å². The number of hydrogen-bond acceptors (Lipinski definition) is 4. The smallest absolute Gasteiger partial charge is 0.244 e. The van der Waals surface area contributed by atoms with E-state index in [0.717, 1.165) is 0 Å². The second-order valence-corrected chi connectivity index (χ2v) is 7.01. The number of pyridine rings is 1. The molecule has 0 aliphatic rings. The van der Waals surface area contributed by atoms with Gasteiger partial charge in [-0.15, -0.1) is 0 Å². The molecule has 0 aliphatic heterocycles. The van der Waals surface area contributed by atoms with E-state index in [2.05, 4.69) is 15.0 Å². The number of halogens is 1. The third kappa shape index (κ3) is 5.14. The number of nitrogens with zero attached hydrogens (tertiary/aromatic N) is 1. The van der Waals surface area contributed by atoms with Crippen LogP contribution < -0.4 is 10.0 Å². The summed E-state index contributed by atoms with van der Waals surface area (Å²) >= 11 is 5.70. The summed E-state index contributed by atoms with van der Waals surface area (Å²) in [6.07, 6.45) is 1.38. The Bertz CT molecular complexity index is 567. The second kappa shape index (κ2) is 5.85. The molecular formula is C11H16ClN3O3S. The van der Waals surface area contributed by atoms with Gasteiger partial charge in [-0.05, 0) is 32.9 Å². The summed E-state index contributed by atoms with van der Waals surface area (Å²) in [6, 6.07) is 2.77. The molecule has 1 rings (SSSR count). The van der Waals surface area contributed by atoms with Crippen molar-refractivity contribution >= 4 is 27.5 Å². The van der Waals surface area contributed by atoms with Crippen LogP contribution >= 0.6 is 11.6 Å². The molecule has 0 aromatic carbocycles.